The zero-order valence-corrected chi connectivity index (χ0v) is 19.1. The van der Waals surface area contributed by atoms with E-state index in [9.17, 15) is 9.59 Å². The molecule has 0 saturated heterocycles. The van der Waals surface area contributed by atoms with Crippen molar-refractivity contribution in [3.8, 4) is 0 Å². The standard InChI is InChI=1S/C11H14ClN3O3.4C2H6/c1-14(10(16)7-18-3)15(2)11(17)8-4-5-9(12)13-6-8;4*1-2/h4-6H,7H2,1-3H3;4*1-2H3. The molecule has 0 spiro atoms. The third kappa shape index (κ3) is 13.6. The fourth-order valence-corrected chi connectivity index (χ4v) is 1.32. The first-order chi connectivity index (χ1) is 12.5. The second-order valence-corrected chi connectivity index (χ2v) is 3.94. The molecule has 0 atom stereocenters. The van der Waals surface area contributed by atoms with Gasteiger partial charge in [-0.15, -0.1) is 0 Å². The Labute approximate surface area is 165 Å². The number of rotatable bonds is 3. The van der Waals surface area contributed by atoms with Crippen LogP contribution in [0, 0.1) is 0 Å². The first-order valence-electron chi connectivity index (χ1n) is 9.12. The maximum absolute atomic E-state index is 12.0. The SMILES string of the molecule is CC.CC.CC.CC.COCC(=O)N(C)N(C)C(=O)c1ccc(Cl)nc1. The number of likely N-dealkylation sites (N-methyl/N-ethyl adjacent to an activating group) is 1. The Morgan fingerprint density at radius 1 is 0.962 bits per heavy atom. The van der Waals surface area contributed by atoms with E-state index in [0.717, 1.165) is 0 Å². The zero-order valence-electron chi connectivity index (χ0n) is 18.4. The number of hydrogen-bond donors (Lipinski definition) is 0. The maximum Gasteiger partial charge on any atom is 0.273 e. The Balaban J connectivity index is -0.000000266. The normalized spacial score (nSPS) is 7.85. The average molecular weight is 392 g/mol. The number of carbonyl (C=O) groups is 2. The Morgan fingerprint density at radius 2 is 1.42 bits per heavy atom. The highest BCUT2D eigenvalue weighted by atomic mass is 35.5. The van der Waals surface area contributed by atoms with Gasteiger partial charge in [0.1, 0.15) is 11.8 Å². The van der Waals surface area contributed by atoms with Crippen LogP contribution in [0.15, 0.2) is 18.3 Å². The fourth-order valence-electron chi connectivity index (χ4n) is 1.21. The predicted molar refractivity (Wildman–Crippen MR) is 111 cm³/mol. The van der Waals surface area contributed by atoms with Crippen molar-refractivity contribution in [2.24, 2.45) is 0 Å². The van der Waals surface area contributed by atoms with Crippen LogP contribution in [0.2, 0.25) is 5.15 Å². The Bertz CT molecular complexity index is 440. The van der Waals surface area contributed by atoms with Gasteiger partial charge in [0.2, 0.25) is 0 Å². The number of hydrazine groups is 1. The summed E-state index contributed by atoms with van der Waals surface area (Å²) in [6.07, 6.45) is 1.36. The second kappa shape index (κ2) is 23.3. The molecule has 0 bridgehead atoms. The Kier molecular flexibility index (Phi) is 28.8. The van der Waals surface area contributed by atoms with Crippen LogP contribution in [0.5, 0.6) is 0 Å². The van der Waals surface area contributed by atoms with Crippen molar-refractivity contribution in [1.29, 1.82) is 0 Å². The third-order valence-corrected chi connectivity index (χ3v) is 2.57. The summed E-state index contributed by atoms with van der Waals surface area (Å²) in [6.45, 7) is 15.9. The van der Waals surface area contributed by atoms with Gasteiger partial charge in [-0.1, -0.05) is 67.0 Å². The number of carbonyl (C=O) groups excluding carboxylic acids is 2. The van der Waals surface area contributed by atoms with E-state index in [1.807, 2.05) is 55.4 Å². The number of pyridine rings is 1. The number of halogens is 1. The second-order valence-electron chi connectivity index (χ2n) is 3.55. The van der Waals surface area contributed by atoms with Crippen molar-refractivity contribution in [1.82, 2.24) is 15.0 Å². The first-order valence-corrected chi connectivity index (χ1v) is 9.50. The summed E-state index contributed by atoms with van der Waals surface area (Å²) in [6, 6.07) is 3.06. The van der Waals surface area contributed by atoms with Gasteiger partial charge in [-0.05, 0) is 12.1 Å². The van der Waals surface area contributed by atoms with Gasteiger partial charge in [0.15, 0.2) is 0 Å². The number of ether oxygens (including phenoxy) is 1. The van der Waals surface area contributed by atoms with Crippen LogP contribution >= 0.6 is 11.6 Å². The summed E-state index contributed by atoms with van der Waals surface area (Å²) in [4.78, 5) is 27.4. The molecular formula is C19H38ClN3O3. The van der Waals surface area contributed by atoms with Gasteiger partial charge in [0, 0.05) is 27.4 Å². The van der Waals surface area contributed by atoms with E-state index in [2.05, 4.69) is 4.98 Å². The van der Waals surface area contributed by atoms with Gasteiger partial charge in [-0.25, -0.2) is 4.98 Å². The molecule has 0 N–H and O–H groups in total. The fraction of sp³-hybridized carbons (Fsp3) is 0.632. The predicted octanol–water partition coefficient (Wildman–Crippen LogP) is 4.93. The molecule has 2 amide bonds. The smallest absolute Gasteiger partial charge is 0.273 e. The topological polar surface area (TPSA) is 62.7 Å². The van der Waals surface area contributed by atoms with Gasteiger partial charge in [-0.3, -0.25) is 19.6 Å². The van der Waals surface area contributed by atoms with Crippen molar-refractivity contribution < 1.29 is 14.3 Å². The molecular weight excluding hydrogens is 354 g/mol. The minimum atomic E-state index is -0.355. The molecule has 26 heavy (non-hydrogen) atoms. The molecule has 0 aromatic carbocycles. The van der Waals surface area contributed by atoms with Gasteiger partial charge < -0.3 is 4.74 Å². The molecule has 0 saturated carbocycles. The van der Waals surface area contributed by atoms with Crippen molar-refractivity contribution in [3.05, 3.63) is 29.0 Å². The molecule has 0 radical (unpaired) electrons. The molecule has 0 aliphatic rings. The lowest BCUT2D eigenvalue weighted by Crippen LogP contribution is -2.46. The zero-order chi connectivity index (χ0) is 21.7. The quantitative estimate of drug-likeness (QED) is 0.541. The van der Waals surface area contributed by atoms with Gasteiger partial charge in [0.25, 0.3) is 11.8 Å². The number of amides is 2. The molecule has 1 aromatic rings. The van der Waals surface area contributed by atoms with E-state index in [0.29, 0.717) is 10.7 Å². The molecule has 1 aromatic heterocycles. The van der Waals surface area contributed by atoms with Crippen molar-refractivity contribution in [2.75, 3.05) is 27.8 Å². The summed E-state index contributed by atoms with van der Waals surface area (Å²) >= 11 is 5.63. The van der Waals surface area contributed by atoms with E-state index < -0.39 is 0 Å². The van der Waals surface area contributed by atoms with Crippen LogP contribution in [0.25, 0.3) is 0 Å². The Morgan fingerprint density at radius 3 is 1.77 bits per heavy atom. The van der Waals surface area contributed by atoms with Crippen LogP contribution < -0.4 is 0 Å². The van der Waals surface area contributed by atoms with Crippen LogP contribution in [-0.4, -0.2) is 54.6 Å². The molecule has 154 valence electrons. The minimum absolute atomic E-state index is 0.0903. The van der Waals surface area contributed by atoms with Crippen LogP contribution in [-0.2, 0) is 9.53 Å². The lowest BCUT2D eigenvalue weighted by molar-refractivity contribution is -0.144. The summed E-state index contributed by atoms with van der Waals surface area (Å²) < 4.78 is 4.72. The van der Waals surface area contributed by atoms with Gasteiger partial charge >= 0.3 is 0 Å². The van der Waals surface area contributed by atoms with E-state index in [4.69, 9.17) is 16.3 Å². The van der Waals surface area contributed by atoms with E-state index >= 15 is 0 Å². The highest BCUT2D eigenvalue weighted by molar-refractivity contribution is 6.29. The van der Waals surface area contributed by atoms with Crippen molar-refractivity contribution >= 4 is 23.4 Å². The molecule has 0 aliphatic heterocycles. The Hall–Kier alpha value is -1.66. The molecule has 0 fully saturated rings. The number of methoxy groups -OCH3 is 1. The molecule has 1 heterocycles. The van der Waals surface area contributed by atoms with Crippen LogP contribution in [0.3, 0.4) is 0 Å². The number of aromatic nitrogens is 1. The largest absolute Gasteiger partial charge is 0.375 e. The lowest BCUT2D eigenvalue weighted by Gasteiger charge is -2.27. The number of nitrogens with zero attached hydrogens (tertiary/aromatic N) is 3. The summed E-state index contributed by atoms with van der Waals surface area (Å²) in [5, 5.41) is 2.67. The van der Waals surface area contributed by atoms with Gasteiger partial charge in [-0.2, -0.15) is 0 Å². The molecule has 6 nitrogen and oxygen atoms in total. The van der Waals surface area contributed by atoms with Gasteiger partial charge in [0.05, 0.1) is 5.56 Å². The lowest BCUT2D eigenvalue weighted by atomic mass is 10.3. The average Bonchev–Trinajstić information content (AvgIpc) is 2.73. The van der Waals surface area contributed by atoms with Crippen molar-refractivity contribution in [3.63, 3.8) is 0 Å². The third-order valence-electron chi connectivity index (χ3n) is 2.35. The molecule has 0 aliphatic carbocycles. The molecule has 0 unspecified atom stereocenters. The number of hydrogen-bond acceptors (Lipinski definition) is 4. The highest BCUT2D eigenvalue weighted by Crippen LogP contribution is 2.08. The molecule has 7 heteroatoms. The van der Waals surface area contributed by atoms with E-state index in [-0.39, 0.29) is 18.4 Å². The van der Waals surface area contributed by atoms with E-state index in [1.54, 1.807) is 6.07 Å². The summed E-state index contributed by atoms with van der Waals surface area (Å²) in [5.74, 6) is -0.679. The van der Waals surface area contributed by atoms with Crippen LogP contribution in [0.1, 0.15) is 65.7 Å². The van der Waals surface area contributed by atoms with Crippen LogP contribution in [0.4, 0.5) is 0 Å². The highest BCUT2D eigenvalue weighted by Gasteiger charge is 2.20. The first kappa shape index (κ1) is 32.0. The minimum Gasteiger partial charge on any atom is -0.375 e. The monoisotopic (exact) mass is 391 g/mol. The summed E-state index contributed by atoms with van der Waals surface area (Å²) in [7, 11) is 4.39. The molecule has 1 rings (SSSR count). The van der Waals surface area contributed by atoms with Crippen molar-refractivity contribution in [2.45, 2.75) is 55.4 Å². The van der Waals surface area contributed by atoms with E-state index in [1.165, 1.54) is 43.5 Å². The maximum atomic E-state index is 12.0. The summed E-state index contributed by atoms with van der Waals surface area (Å²) in [5.41, 5.74) is 0.346.